The molecule has 2 fully saturated rings. The maximum Gasteiger partial charge on any atom is 0.273 e. The summed E-state index contributed by atoms with van der Waals surface area (Å²) in [5.74, 6) is 1.32. The fraction of sp³-hybridized carbons (Fsp3) is 0.688. The highest BCUT2D eigenvalue weighted by atomic mass is 16.5. The van der Waals surface area contributed by atoms with E-state index in [-0.39, 0.29) is 23.8 Å². The first kappa shape index (κ1) is 15.1. The average molecular weight is 305 g/mol. The number of nitrogens with one attached hydrogen (secondary N) is 1. The molecule has 1 aromatic rings. The molecule has 2 aliphatic rings. The maximum absolute atomic E-state index is 12.2. The monoisotopic (exact) mass is 305 g/mol. The Kier molecular flexibility index (Phi) is 4.18. The van der Waals surface area contributed by atoms with Crippen molar-refractivity contribution in [2.45, 2.75) is 51.5 Å². The zero-order chi connectivity index (χ0) is 15.7. The maximum atomic E-state index is 12.2. The molecule has 1 saturated carbocycles. The SMILES string of the molecule is CC(C)C(=O)N1CCC(NC(=O)c2cc(C3CC3)on2)CC1. The van der Waals surface area contributed by atoms with E-state index in [9.17, 15) is 9.59 Å². The quantitative estimate of drug-likeness (QED) is 0.922. The summed E-state index contributed by atoms with van der Waals surface area (Å²) in [6, 6.07) is 1.86. The molecule has 22 heavy (non-hydrogen) atoms. The van der Waals surface area contributed by atoms with E-state index in [0.717, 1.165) is 31.4 Å². The molecule has 1 aliphatic carbocycles. The lowest BCUT2D eigenvalue weighted by Crippen LogP contribution is -2.47. The molecule has 0 bridgehead atoms. The molecular formula is C16H23N3O3. The van der Waals surface area contributed by atoms with Gasteiger partial charge in [0.1, 0.15) is 5.76 Å². The van der Waals surface area contributed by atoms with Gasteiger partial charge >= 0.3 is 0 Å². The Morgan fingerprint density at radius 2 is 1.95 bits per heavy atom. The Morgan fingerprint density at radius 3 is 2.55 bits per heavy atom. The second kappa shape index (κ2) is 6.10. The molecule has 2 amide bonds. The van der Waals surface area contributed by atoms with Crippen molar-refractivity contribution < 1.29 is 14.1 Å². The number of likely N-dealkylation sites (tertiary alicyclic amines) is 1. The number of hydrogen-bond donors (Lipinski definition) is 1. The standard InChI is InChI=1S/C16H23N3O3/c1-10(2)16(21)19-7-5-12(6-8-19)17-15(20)13-9-14(22-18-13)11-3-4-11/h9-12H,3-8H2,1-2H3,(H,17,20). The highest BCUT2D eigenvalue weighted by Gasteiger charge is 2.30. The minimum absolute atomic E-state index is 0.0297. The molecule has 6 nitrogen and oxygen atoms in total. The summed E-state index contributed by atoms with van der Waals surface area (Å²) < 4.78 is 5.21. The van der Waals surface area contributed by atoms with Gasteiger partial charge in [0.25, 0.3) is 5.91 Å². The molecule has 1 N–H and O–H groups in total. The number of carbonyl (C=O) groups excluding carboxylic acids is 2. The summed E-state index contributed by atoms with van der Waals surface area (Å²) in [5, 5.41) is 6.85. The van der Waals surface area contributed by atoms with E-state index >= 15 is 0 Å². The number of piperidine rings is 1. The van der Waals surface area contributed by atoms with Gasteiger partial charge in [0.2, 0.25) is 5.91 Å². The normalized spacial score (nSPS) is 19.5. The molecule has 120 valence electrons. The van der Waals surface area contributed by atoms with Crippen LogP contribution in [-0.2, 0) is 4.79 Å². The predicted octanol–water partition coefficient (Wildman–Crippen LogP) is 1.93. The number of rotatable bonds is 4. The van der Waals surface area contributed by atoms with Crippen LogP contribution in [0.5, 0.6) is 0 Å². The summed E-state index contributed by atoms with van der Waals surface area (Å²) in [4.78, 5) is 26.0. The van der Waals surface area contributed by atoms with Gasteiger partial charge in [0.15, 0.2) is 5.69 Å². The predicted molar refractivity (Wildman–Crippen MR) is 80.4 cm³/mol. The molecule has 3 rings (SSSR count). The van der Waals surface area contributed by atoms with Crippen molar-refractivity contribution in [1.29, 1.82) is 0 Å². The topological polar surface area (TPSA) is 75.4 Å². The highest BCUT2D eigenvalue weighted by Crippen LogP contribution is 2.40. The lowest BCUT2D eigenvalue weighted by atomic mass is 10.0. The summed E-state index contributed by atoms with van der Waals surface area (Å²) in [6.07, 6.45) is 3.83. The molecule has 0 unspecified atom stereocenters. The molecule has 0 atom stereocenters. The van der Waals surface area contributed by atoms with Gasteiger partial charge in [-0.15, -0.1) is 0 Å². The average Bonchev–Trinajstić information content (AvgIpc) is 3.24. The van der Waals surface area contributed by atoms with Crippen LogP contribution in [-0.4, -0.2) is 41.0 Å². The smallest absolute Gasteiger partial charge is 0.273 e. The fourth-order valence-corrected chi connectivity index (χ4v) is 2.83. The van der Waals surface area contributed by atoms with Crippen LogP contribution in [0.2, 0.25) is 0 Å². The van der Waals surface area contributed by atoms with E-state index in [0.29, 0.717) is 24.7 Å². The molecule has 6 heteroatoms. The Balaban J connectivity index is 1.49. The van der Waals surface area contributed by atoms with Crippen LogP contribution in [0.25, 0.3) is 0 Å². The zero-order valence-corrected chi connectivity index (χ0v) is 13.2. The van der Waals surface area contributed by atoms with Crippen LogP contribution in [0.3, 0.4) is 0 Å². The van der Waals surface area contributed by atoms with E-state index in [1.165, 1.54) is 0 Å². The third-order valence-electron chi connectivity index (χ3n) is 4.38. The van der Waals surface area contributed by atoms with Crippen LogP contribution in [0.15, 0.2) is 10.6 Å². The lowest BCUT2D eigenvalue weighted by molar-refractivity contribution is -0.135. The minimum atomic E-state index is -0.177. The van der Waals surface area contributed by atoms with Gasteiger partial charge in [-0.3, -0.25) is 9.59 Å². The molecule has 1 saturated heterocycles. The van der Waals surface area contributed by atoms with Crippen LogP contribution in [0.1, 0.15) is 61.7 Å². The van der Waals surface area contributed by atoms with E-state index in [1.807, 2.05) is 18.7 Å². The van der Waals surface area contributed by atoms with Crippen molar-refractivity contribution in [3.63, 3.8) is 0 Å². The van der Waals surface area contributed by atoms with Crippen molar-refractivity contribution >= 4 is 11.8 Å². The third-order valence-corrected chi connectivity index (χ3v) is 4.38. The Hall–Kier alpha value is -1.85. The van der Waals surface area contributed by atoms with Gasteiger partial charge in [0, 0.05) is 37.0 Å². The van der Waals surface area contributed by atoms with Crippen LogP contribution < -0.4 is 5.32 Å². The van der Waals surface area contributed by atoms with Crippen molar-refractivity contribution in [3.8, 4) is 0 Å². The van der Waals surface area contributed by atoms with Crippen LogP contribution >= 0.6 is 0 Å². The number of carbonyl (C=O) groups is 2. The van der Waals surface area contributed by atoms with Gasteiger partial charge in [-0.05, 0) is 25.7 Å². The van der Waals surface area contributed by atoms with Crippen LogP contribution in [0.4, 0.5) is 0 Å². The number of hydrogen-bond acceptors (Lipinski definition) is 4. The number of amides is 2. The van der Waals surface area contributed by atoms with Crippen molar-refractivity contribution in [3.05, 3.63) is 17.5 Å². The number of aromatic nitrogens is 1. The summed E-state index contributed by atoms with van der Waals surface area (Å²) in [7, 11) is 0. The summed E-state index contributed by atoms with van der Waals surface area (Å²) in [5.41, 5.74) is 0.364. The second-order valence-electron chi connectivity index (χ2n) is 6.62. The van der Waals surface area contributed by atoms with Crippen molar-refractivity contribution in [2.75, 3.05) is 13.1 Å². The molecule has 2 heterocycles. The zero-order valence-electron chi connectivity index (χ0n) is 13.2. The Bertz CT molecular complexity index is 555. The first-order valence-electron chi connectivity index (χ1n) is 8.11. The fourth-order valence-electron chi connectivity index (χ4n) is 2.83. The molecule has 0 radical (unpaired) electrons. The summed E-state index contributed by atoms with van der Waals surface area (Å²) >= 11 is 0. The molecule has 0 spiro atoms. The second-order valence-corrected chi connectivity index (χ2v) is 6.62. The molecule has 0 aromatic carbocycles. The highest BCUT2D eigenvalue weighted by molar-refractivity contribution is 5.92. The van der Waals surface area contributed by atoms with Gasteiger partial charge in [-0.1, -0.05) is 19.0 Å². The minimum Gasteiger partial charge on any atom is -0.360 e. The van der Waals surface area contributed by atoms with E-state index in [4.69, 9.17) is 4.52 Å². The third kappa shape index (κ3) is 3.31. The number of nitrogens with zero attached hydrogens (tertiary/aromatic N) is 2. The van der Waals surface area contributed by atoms with Crippen molar-refractivity contribution in [1.82, 2.24) is 15.4 Å². The Morgan fingerprint density at radius 1 is 1.27 bits per heavy atom. The lowest BCUT2D eigenvalue weighted by Gasteiger charge is -2.33. The van der Waals surface area contributed by atoms with Crippen LogP contribution in [0, 0.1) is 5.92 Å². The van der Waals surface area contributed by atoms with Gasteiger partial charge in [-0.25, -0.2) is 0 Å². The Labute approximate surface area is 130 Å². The summed E-state index contributed by atoms with van der Waals surface area (Å²) in [6.45, 7) is 5.23. The molecule has 1 aliphatic heterocycles. The first-order valence-corrected chi connectivity index (χ1v) is 8.11. The molecular weight excluding hydrogens is 282 g/mol. The van der Waals surface area contributed by atoms with Gasteiger partial charge in [0.05, 0.1) is 0 Å². The van der Waals surface area contributed by atoms with E-state index in [1.54, 1.807) is 6.07 Å². The van der Waals surface area contributed by atoms with E-state index < -0.39 is 0 Å². The largest absolute Gasteiger partial charge is 0.360 e. The van der Waals surface area contributed by atoms with Crippen molar-refractivity contribution in [2.24, 2.45) is 5.92 Å². The van der Waals surface area contributed by atoms with E-state index in [2.05, 4.69) is 10.5 Å². The van der Waals surface area contributed by atoms with Gasteiger partial charge < -0.3 is 14.7 Å². The first-order chi connectivity index (χ1) is 10.5. The van der Waals surface area contributed by atoms with Gasteiger partial charge in [-0.2, -0.15) is 0 Å². The molecule has 1 aromatic heterocycles.